The molecular weight excluding hydrogens is 242 g/mol. The molecule has 1 unspecified atom stereocenters. The van der Waals surface area contributed by atoms with Crippen LogP contribution < -0.4 is 0 Å². The van der Waals surface area contributed by atoms with Crippen LogP contribution in [0.2, 0.25) is 0 Å². The number of alkyl halides is 1. The van der Waals surface area contributed by atoms with E-state index >= 15 is 0 Å². The van der Waals surface area contributed by atoms with Gasteiger partial charge < -0.3 is 0 Å². The Morgan fingerprint density at radius 2 is 2.11 bits per heavy atom. The molecule has 1 nitrogen and oxygen atoms in total. The minimum absolute atomic E-state index is 0.180. The van der Waals surface area contributed by atoms with Crippen molar-refractivity contribution in [1.82, 2.24) is 4.98 Å². The van der Waals surface area contributed by atoms with E-state index in [0.717, 1.165) is 12.8 Å². The molecule has 1 heterocycles. The van der Waals surface area contributed by atoms with Gasteiger partial charge in [0.1, 0.15) is 0 Å². The van der Waals surface area contributed by atoms with Gasteiger partial charge in [-0.1, -0.05) is 30.7 Å². The van der Waals surface area contributed by atoms with E-state index in [2.05, 4.69) is 35.3 Å². The molecule has 1 aliphatic rings. The van der Waals surface area contributed by atoms with Gasteiger partial charge in [0.15, 0.2) is 0 Å². The molecule has 92 valence electrons. The van der Waals surface area contributed by atoms with Gasteiger partial charge in [-0.25, -0.2) is 0 Å². The van der Waals surface area contributed by atoms with Crippen molar-refractivity contribution in [3.63, 3.8) is 0 Å². The summed E-state index contributed by atoms with van der Waals surface area (Å²) in [5.41, 5.74) is 2.71. The SMILES string of the molecule is ClC1C=C(c2cccc3cnccc23)CCCC1. The van der Waals surface area contributed by atoms with Crippen LogP contribution in [0.5, 0.6) is 0 Å². The van der Waals surface area contributed by atoms with E-state index in [1.807, 2.05) is 12.4 Å². The number of fused-ring (bicyclic) bond motifs is 1. The molecule has 0 spiro atoms. The van der Waals surface area contributed by atoms with Crippen molar-refractivity contribution in [3.8, 4) is 0 Å². The van der Waals surface area contributed by atoms with Crippen LogP contribution in [0, 0.1) is 0 Å². The Morgan fingerprint density at radius 1 is 1.17 bits per heavy atom. The van der Waals surface area contributed by atoms with Gasteiger partial charge in [-0.2, -0.15) is 0 Å². The number of hydrogen-bond acceptors (Lipinski definition) is 1. The third kappa shape index (κ3) is 2.28. The summed E-state index contributed by atoms with van der Waals surface area (Å²) >= 11 is 6.33. The number of nitrogens with zero attached hydrogens (tertiary/aromatic N) is 1. The van der Waals surface area contributed by atoms with Crippen molar-refractivity contribution in [2.75, 3.05) is 0 Å². The highest BCUT2D eigenvalue weighted by Crippen LogP contribution is 2.32. The Morgan fingerprint density at radius 3 is 3.06 bits per heavy atom. The van der Waals surface area contributed by atoms with Crippen molar-refractivity contribution >= 4 is 27.9 Å². The molecule has 0 saturated heterocycles. The molecule has 2 aromatic rings. The lowest BCUT2D eigenvalue weighted by molar-refractivity contribution is 0.724. The van der Waals surface area contributed by atoms with Gasteiger partial charge in [0.2, 0.25) is 0 Å². The summed E-state index contributed by atoms with van der Waals surface area (Å²) in [6.07, 6.45) is 10.7. The predicted octanol–water partition coefficient (Wildman–Crippen LogP) is 4.80. The van der Waals surface area contributed by atoms with Gasteiger partial charge >= 0.3 is 0 Å². The summed E-state index contributed by atoms with van der Waals surface area (Å²) in [4.78, 5) is 4.19. The van der Waals surface area contributed by atoms with E-state index in [1.165, 1.54) is 34.8 Å². The second-order valence-corrected chi connectivity index (χ2v) is 5.42. The Labute approximate surface area is 112 Å². The van der Waals surface area contributed by atoms with E-state index < -0.39 is 0 Å². The van der Waals surface area contributed by atoms with Crippen molar-refractivity contribution in [2.45, 2.75) is 31.1 Å². The smallest absolute Gasteiger partial charge is 0.0521 e. The van der Waals surface area contributed by atoms with Crippen LogP contribution in [0.3, 0.4) is 0 Å². The maximum Gasteiger partial charge on any atom is 0.0521 e. The zero-order valence-corrected chi connectivity index (χ0v) is 11.0. The molecule has 2 heteroatoms. The van der Waals surface area contributed by atoms with Crippen molar-refractivity contribution in [2.24, 2.45) is 0 Å². The van der Waals surface area contributed by atoms with Crippen molar-refractivity contribution in [3.05, 3.63) is 48.3 Å². The number of allylic oxidation sites excluding steroid dienone is 2. The van der Waals surface area contributed by atoms with Crippen LogP contribution in [0.25, 0.3) is 16.3 Å². The van der Waals surface area contributed by atoms with Crippen LogP contribution in [0.1, 0.15) is 31.2 Å². The molecule has 0 fully saturated rings. The molecule has 0 amide bonds. The fourth-order valence-electron chi connectivity index (χ4n) is 2.67. The van der Waals surface area contributed by atoms with E-state index in [4.69, 9.17) is 11.6 Å². The molecule has 0 radical (unpaired) electrons. The van der Waals surface area contributed by atoms with Crippen LogP contribution in [0.4, 0.5) is 0 Å². The highest BCUT2D eigenvalue weighted by atomic mass is 35.5. The molecule has 0 N–H and O–H groups in total. The highest BCUT2D eigenvalue weighted by Gasteiger charge is 2.12. The summed E-state index contributed by atoms with van der Waals surface area (Å²) < 4.78 is 0. The fourth-order valence-corrected chi connectivity index (χ4v) is 2.97. The summed E-state index contributed by atoms with van der Waals surface area (Å²) in [6, 6.07) is 8.51. The van der Waals surface area contributed by atoms with E-state index in [0.29, 0.717) is 0 Å². The molecule has 1 atom stereocenters. The Bertz CT molecular complexity index is 583. The normalized spacial score (nSPS) is 20.5. The Balaban J connectivity index is 2.13. The third-order valence-corrected chi connectivity index (χ3v) is 3.93. The minimum atomic E-state index is 0.180. The first-order valence-electron chi connectivity index (χ1n) is 6.52. The molecule has 0 saturated carbocycles. The van der Waals surface area contributed by atoms with E-state index in [1.54, 1.807) is 0 Å². The van der Waals surface area contributed by atoms with E-state index in [-0.39, 0.29) is 5.38 Å². The topological polar surface area (TPSA) is 12.9 Å². The maximum atomic E-state index is 6.33. The third-order valence-electron chi connectivity index (χ3n) is 3.58. The number of pyridine rings is 1. The lowest BCUT2D eigenvalue weighted by Crippen LogP contribution is -1.92. The number of halogens is 1. The summed E-state index contributed by atoms with van der Waals surface area (Å²) in [5.74, 6) is 0. The Hall–Kier alpha value is -1.34. The first-order valence-corrected chi connectivity index (χ1v) is 6.96. The minimum Gasteiger partial charge on any atom is -0.264 e. The van der Waals surface area contributed by atoms with Gasteiger partial charge in [0, 0.05) is 17.8 Å². The average Bonchev–Trinajstić information content (AvgIpc) is 2.63. The second-order valence-electron chi connectivity index (χ2n) is 4.86. The van der Waals surface area contributed by atoms with E-state index in [9.17, 15) is 0 Å². The van der Waals surface area contributed by atoms with Crippen LogP contribution in [-0.4, -0.2) is 10.4 Å². The maximum absolute atomic E-state index is 6.33. The molecule has 1 aliphatic carbocycles. The largest absolute Gasteiger partial charge is 0.264 e. The van der Waals surface area contributed by atoms with Crippen LogP contribution in [0.15, 0.2) is 42.7 Å². The molecule has 3 rings (SSSR count). The number of aromatic nitrogens is 1. The van der Waals surface area contributed by atoms with Gasteiger partial charge in [-0.05, 0) is 41.9 Å². The van der Waals surface area contributed by atoms with Crippen LogP contribution in [-0.2, 0) is 0 Å². The number of hydrogen-bond donors (Lipinski definition) is 0. The molecule has 1 aromatic heterocycles. The zero-order valence-electron chi connectivity index (χ0n) is 10.3. The summed E-state index contributed by atoms with van der Waals surface area (Å²) in [7, 11) is 0. The van der Waals surface area contributed by atoms with Gasteiger partial charge in [0.05, 0.1) is 5.38 Å². The molecule has 1 aromatic carbocycles. The molecular formula is C16H16ClN. The monoisotopic (exact) mass is 257 g/mol. The molecule has 0 aliphatic heterocycles. The quantitative estimate of drug-likeness (QED) is 0.669. The fraction of sp³-hybridized carbons (Fsp3) is 0.312. The standard InChI is InChI=1S/C16H16ClN/c17-14-6-2-1-4-12(10-14)15-7-3-5-13-11-18-9-8-16(13)15/h3,5,7-11,14H,1-2,4,6H2. The van der Waals surface area contributed by atoms with Crippen molar-refractivity contribution in [1.29, 1.82) is 0 Å². The number of rotatable bonds is 1. The lowest BCUT2D eigenvalue weighted by atomic mass is 9.96. The first-order chi connectivity index (χ1) is 8.84. The van der Waals surface area contributed by atoms with Gasteiger partial charge in [-0.15, -0.1) is 11.6 Å². The van der Waals surface area contributed by atoms with Crippen LogP contribution >= 0.6 is 11.6 Å². The van der Waals surface area contributed by atoms with Crippen molar-refractivity contribution < 1.29 is 0 Å². The number of benzene rings is 1. The highest BCUT2D eigenvalue weighted by molar-refractivity contribution is 6.22. The molecule has 0 bridgehead atoms. The van der Waals surface area contributed by atoms with Gasteiger partial charge in [0.25, 0.3) is 0 Å². The molecule has 18 heavy (non-hydrogen) atoms. The zero-order chi connectivity index (χ0) is 12.4. The second kappa shape index (κ2) is 5.11. The van der Waals surface area contributed by atoms with Gasteiger partial charge in [-0.3, -0.25) is 4.98 Å². The lowest BCUT2D eigenvalue weighted by Gasteiger charge is -2.10. The average molecular weight is 258 g/mol. The first kappa shape index (κ1) is 11.7. The predicted molar refractivity (Wildman–Crippen MR) is 77.8 cm³/mol. The summed E-state index contributed by atoms with van der Waals surface area (Å²) in [5, 5.41) is 2.66. The summed E-state index contributed by atoms with van der Waals surface area (Å²) in [6.45, 7) is 0. The Kier molecular flexibility index (Phi) is 3.33.